The number of halogens is 2. The third-order valence-electron chi connectivity index (χ3n) is 2.80. The lowest BCUT2D eigenvalue weighted by molar-refractivity contribution is -0.144. The molecule has 0 saturated heterocycles. The van der Waals surface area contributed by atoms with Crippen molar-refractivity contribution in [2.75, 3.05) is 20.8 Å². The zero-order chi connectivity index (χ0) is 15.2. The molecule has 0 aliphatic heterocycles. The molecule has 1 heterocycles. The SMILES string of the molecule is COC(COCc1cc(-c2ccc(Cl)c(Cl)c2)no1)OC. The molecule has 0 fully saturated rings. The highest BCUT2D eigenvalue weighted by Crippen LogP contribution is 2.28. The molecule has 7 heteroatoms. The van der Waals surface area contributed by atoms with Crippen molar-refractivity contribution in [1.82, 2.24) is 5.16 Å². The highest BCUT2D eigenvalue weighted by molar-refractivity contribution is 6.42. The minimum atomic E-state index is -0.400. The third kappa shape index (κ3) is 4.43. The first-order valence-electron chi connectivity index (χ1n) is 6.18. The molecule has 0 aliphatic rings. The van der Waals surface area contributed by atoms with Crippen LogP contribution in [-0.4, -0.2) is 32.3 Å². The number of hydrogen-bond donors (Lipinski definition) is 0. The van der Waals surface area contributed by atoms with Crippen molar-refractivity contribution in [2.24, 2.45) is 0 Å². The average Bonchev–Trinajstić information content (AvgIpc) is 2.95. The second-order valence-electron chi connectivity index (χ2n) is 4.22. The fourth-order valence-electron chi connectivity index (χ4n) is 1.66. The van der Waals surface area contributed by atoms with Crippen LogP contribution in [0.3, 0.4) is 0 Å². The van der Waals surface area contributed by atoms with Gasteiger partial charge in [0.05, 0.1) is 16.7 Å². The molecule has 0 radical (unpaired) electrons. The van der Waals surface area contributed by atoms with E-state index in [0.717, 1.165) is 5.56 Å². The molecule has 0 spiro atoms. The Labute approximate surface area is 132 Å². The van der Waals surface area contributed by atoms with Gasteiger partial charge in [0.25, 0.3) is 0 Å². The van der Waals surface area contributed by atoms with Crippen LogP contribution in [0.4, 0.5) is 0 Å². The summed E-state index contributed by atoms with van der Waals surface area (Å²) >= 11 is 11.9. The number of ether oxygens (including phenoxy) is 3. The maximum atomic E-state index is 5.98. The van der Waals surface area contributed by atoms with Crippen LogP contribution in [0.2, 0.25) is 10.0 Å². The molecule has 5 nitrogen and oxygen atoms in total. The first-order chi connectivity index (χ1) is 10.1. The summed E-state index contributed by atoms with van der Waals surface area (Å²) in [6.07, 6.45) is -0.400. The molecule has 2 rings (SSSR count). The minimum Gasteiger partial charge on any atom is -0.368 e. The lowest BCUT2D eigenvalue weighted by Gasteiger charge is -2.12. The minimum absolute atomic E-state index is 0.275. The van der Waals surface area contributed by atoms with E-state index in [0.29, 0.717) is 28.1 Å². The van der Waals surface area contributed by atoms with Crippen molar-refractivity contribution < 1.29 is 18.7 Å². The van der Waals surface area contributed by atoms with Crippen LogP contribution in [0.1, 0.15) is 5.76 Å². The molecule has 1 aromatic carbocycles. The van der Waals surface area contributed by atoms with Crippen molar-refractivity contribution >= 4 is 23.2 Å². The van der Waals surface area contributed by atoms with Crippen LogP contribution < -0.4 is 0 Å². The van der Waals surface area contributed by atoms with E-state index in [1.165, 1.54) is 0 Å². The molecule has 0 N–H and O–H groups in total. The summed E-state index contributed by atoms with van der Waals surface area (Å²) in [4.78, 5) is 0. The van der Waals surface area contributed by atoms with Crippen molar-refractivity contribution in [2.45, 2.75) is 12.9 Å². The summed E-state index contributed by atoms with van der Waals surface area (Å²) < 4.78 is 20.7. The Morgan fingerprint density at radius 3 is 2.57 bits per heavy atom. The smallest absolute Gasteiger partial charge is 0.180 e. The van der Waals surface area contributed by atoms with Gasteiger partial charge in [0.15, 0.2) is 12.1 Å². The molecule has 0 atom stereocenters. The number of methoxy groups -OCH3 is 2. The van der Waals surface area contributed by atoms with E-state index in [2.05, 4.69) is 5.16 Å². The maximum Gasteiger partial charge on any atom is 0.180 e. The number of nitrogens with zero attached hydrogens (tertiary/aromatic N) is 1. The van der Waals surface area contributed by atoms with Crippen molar-refractivity contribution in [3.63, 3.8) is 0 Å². The van der Waals surface area contributed by atoms with Crippen LogP contribution in [0.15, 0.2) is 28.8 Å². The predicted octanol–water partition coefficient (Wildman–Crippen LogP) is 3.78. The normalized spacial score (nSPS) is 11.3. The van der Waals surface area contributed by atoms with Gasteiger partial charge in [-0.15, -0.1) is 0 Å². The van der Waals surface area contributed by atoms with E-state index in [1.54, 1.807) is 32.4 Å². The van der Waals surface area contributed by atoms with Crippen LogP contribution in [0.5, 0.6) is 0 Å². The average molecular weight is 332 g/mol. The zero-order valence-corrected chi connectivity index (χ0v) is 13.1. The molecule has 114 valence electrons. The molecular formula is C14H15Cl2NO4. The van der Waals surface area contributed by atoms with Crippen molar-refractivity contribution in [3.05, 3.63) is 40.1 Å². The summed E-state index contributed by atoms with van der Waals surface area (Å²) in [5.41, 5.74) is 1.49. The van der Waals surface area contributed by atoms with Crippen LogP contribution >= 0.6 is 23.2 Å². The van der Waals surface area contributed by atoms with Crippen LogP contribution in [-0.2, 0) is 20.8 Å². The van der Waals surface area contributed by atoms with Gasteiger partial charge in [-0.25, -0.2) is 0 Å². The molecule has 0 saturated carbocycles. The fourth-order valence-corrected chi connectivity index (χ4v) is 1.96. The van der Waals surface area contributed by atoms with Gasteiger partial charge in [0.2, 0.25) is 0 Å². The first-order valence-corrected chi connectivity index (χ1v) is 6.94. The molecule has 2 aromatic rings. The second-order valence-corrected chi connectivity index (χ2v) is 5.04. The Balaban J connectivity index is 1.96. The first kappa shape index (κ1) is 16.3. The van der Waals surface area contributed by atoms with Crippen molar-refractivity contribution in [1.29, 1.82) is 0 Å². The van der Waals surface area contributed by atoms with Gasteiger partial charge in [-0.2, -0.15) is 0 Å². The van der Waals surface area contributed by atoms with Gasteiger partial charge in [-0.05, 0) is 12.1 Å². The maximum absolute atomic E-state index is 5.98. The summed E-state index contributed by atoms with van der Waals surface area (Å²) in [5.74, 6) is 0.599. The fraction of sp³-hybridized carbons (Fsp3) is 0.357. The van der Waals surface area contributed by atoms with E-state index < -0.39 is 6.29 Å². The molecule has 0 aliphatic carbocycles. The lowest BCUT2D eigenvalue weighted by Crippen LogP contribution is -2.19. The van der Waals surface area contributed by atoms with Crippen LogP contribution in [0, 0.1) is 0 Å². The van der Waals surface area contributed by atoms with Gasteiger partial charge < -0.3 is 18.7 Å². The van der Waals surface area contributed by atoms with Crippen LogP contribution in [0.25, 0.3) is 11.3 Å². The Kier molecular flexibility index (Phi) is 6.02. The zero-order valence-electron chi connectivity index (χ0n) is 11.6. The molecule has 1 aromatic heterocycles. The second kappa shape index (κ2) is 7.77. The van der Waals surface area contributed by atoms with E-state index in [9.17, 15) is 0 Å². The number of rotatable bonds is 7. The van der Waals surface area contributed by atoms with E-state index in [4.69, 9.17) is 41.9 Å². The predicted molar refractivity (Wildman–Crippen MR) is 79.4 cm³/mol. The Morgan fingerprint density at radius 2 is 1.90 bits per heavy atom. The Bertz CT molecular complexity index is 584. The summed E-state index contributed by atoms with van der Waals surface area (Å²) in [6, 6.07) is 7.06. The van der Waals surface area contributed by atoms with Gasteiger partial charge in [0.1, 0.15) is 12.3 Å². The monoisotopic (exact) mass is 331 g/mol. The molecule has 0 bridgehead atoms. The van der Waals surface area contributed by atoms with E-state index in [1.807, 2.05) is 6.07 Å². The van der Waals surface area contributed by atoms with Crippen molar-refractivity contribution in [3.8, 4) is 11.3 Å². The van der Waals surface area contributed by atoms with Gasteiger partial charge in [0, 0.05) is 25.8 Å². The number of aromatic nitrogens is 1. The number of hydrogen-bond acceptors (Lipinski definition) is 5. The highest BCUT2D eigenvalue weighted by Gasteiger charge is 2.10. The van der Waals surface area contributed by atoms with E-state index in [-0.39, 0.29) is 6.61 Å². The molecule has 21 heavy (non-hydrogen) atoms. The third-order valence-corrected chi connectivity index (χ3v) is 3.54. The van der Waals surface area contributed by atoms with Gasteiger partial charge in [-0.1, -0.05) is 34.4 Å². The summed E-state index contributed by atoms with van der Waals surface area (Å²) in [6.45, 7) is 0.577. The molecule has 0 unspecified atom stereocenters. The summed E-state index contributed by atoms with van der Waals surface area (Å²) in [5, 5.41) is 4.94. The summed E-state index contributed by atoms with van der Waals surface area (Å²) in [7, 11) is 3.10. The van der Waals surface area contributed by atoms with Gasteiger partial charge in [-0.3, -0.25) is 0 Å². The Morgan fingerprint density at radius 1 is 1.14 bits per heavy atom. The molecular weight excluding hydrogens is 317 g/mol. The molecule has 0 amide bonds. The standard InChI is InChI=1S/C14H15Cl2NO4/c1-18-14(19-2)8-20-7-10-6-13(17-21-10)9-3-4-11(15)12(16)5-9/h3-6,14H,7-8H2,1-2H3. The Hall–Kier alpha value is -1.11. The van der Waals surface area contributed by atoms with Gasteiger partial charge >= 0.3 is 0 Å². The largest absolute Gasteiger partial charge is 0.368 e. The number of benzene rings is 1. The van der Waals surface area contributed by atoms with E-state index >= 15 is 0 Å². The lowest BCUT2D eigenvalue weighted by atomic mass is 10.1. The highest BCUT2D eigenvalue weighted by atomic mass is 35.5. The topological polar surface area (TPSA) is 53.7 Å². The quantitative estimate of drug-likeness (QED) is 0.722.